The summed E-state index contributed by atoms with van der Waals surface area (Å²) < 4.78 is 45.4. The predicted molar refractivity (Wildman–Crippen MR) is 140 cm³/mol. The van der Waals surface area contributed by atoms with Gasteiger partial charge in [0.25, 0.3) is 0 Å². The number of hydrogen-bond donors (Lipinski definition) is 2. The average Bonchev–Trinajstić information content (AvgIpc) is 2.83. The van der Waals surface area contributed by atoms with Crippen LogP contribution < -0.4 is 16.0 Å². The van der Waals surface area contributed by atoms with Crippen LogP contribution in [0.3, 0.4) is 0 Å². The molecule has 0 aliphatic carbocycles. The number of benzene rings is 1. The number of nitrogens with one attached hydrogen (secondary N) is 1. The molecule has 0 bridgehead atoms. The van der Waals surface area contributed by atoms with E-state index in [4.69, 9.17) is 10.5 Å². The SMILES string of the molecule is Cc1nnc(N[C@H](C)c2cc(N)cc(C(F)(F)F)c2)c2cc(N3CCN(C(=O)OC(C)(C)C)CC3)ncc12. The van der Waals surface area contributed by atoms with Gasteiger partial charge in [0.05, 0.1) is 17.3 Å². The van der Waals surface area contributed by atoms with Crippen LogP contribution in [0.1, 0.15) is 50.6 Å². The van der Waals surface area contributed by atoms with Gasteiger partial charge >= 0.3 is 12.3 Å². The average molecular weight is 532 g/mol. The van der Waals surface area contributed by atoms with E-state index >= 15 is 0 Å². The van der Waals surface area contributed by atoms with Crippen molar-refractivity contribution in [2.45, 2.75) is 52.4 Å². The number of aromatic nitrogens is 3. The lowest BCUT2D eigenvalue weighted by atomic mass is 10.0. The number of anilines is 3. The molecule has 3 heterocycles. The van der Waals surface area contributed by atoms with Crippen LogP contribution in [0.15, 0.2) is 30.5 Å². The van der Waals surface area contributed by atoms with Crippen molar-refractivity contribution in [3.8, 4) is 0 Å². The maximum absolute atomic E-state index is 13.3. The van der Waals surface area contributed by atoms with E-state index in [0.29, 0.717) is 49.1 Å². The van der Waals surface area contributed by atoms with Gasteiger partial charge in [0, 0.05) is 48.8 Å². The summed E-state index contributed by atoms with van der Waals surface area (Å²) in [6, 6.07) is 4.85. The number of pyridine rings is 1. The van der Waals surface area contributed by atoms with Gasteiger partial charge in [0.1, 0.15) is 11.4 Å². The summed E-state index contributed by atoms with van der Waals surface area (Å²) in [7, 11) is 0. The van der Waals surface area contributed by atoms with Crippen LogP contribution in [-0.4, -0.2) is 58.0 Å². The third kappa shape index (κ3) is 6.17. The number of alkyl halides is 3. The fraction of sp³-hybridized carbons (Fsp3) is 0.462. The van der Waals surface area contributed by atoms with Gasteiger partial charge in [-0.25, -0.2) is 9.78 Å². The molecule has 0 unspecified atom stereocenters. The zero-order valence-corrected chi connectivity index (χ0v) is 22.1. The molecule has 1 aliphatic heterocycles. The quantitative estimate of drug-likeness (QED) is 0.444. The van der Waals surface area contributed by atoms with Crippen molar-refractivity contribution >= 4 is 34.2 Å². The molecule has 1 saturated heterocycles. The summed E-state index contributed by atoms with van der Waals surface area (Å²) in [6.07, 6.45) is -3.13. The molecule has 0 saturated carbocycles. The Morgan fingerprint density at radius 1 is 1.05 bits per heavy atom. The first-order valence-corrected chi connectivity index (χ1v) is 12.3. The molecule has 0 radical (unpaired) electrons. The number of nitrogens with zero attached hydrogens (tertiary/aromatic N) is 5. The Morgan fingerprint density at radius 2 is 1.74 bits per heavy atom. The highest BCUT2D eigenvalue weighted by atomic mass is 19.4. The number of amides is 1. The summed E-state index contributed by atoms with van der Waals surface area (Å²) in [5.41, 5.74) is 5.47. The van der Waals surface area contributed by atoms with E-state index in [-0.39, 0.29) is 11.8 Å². The number of fused-ring (bicyclic) bond motifs is 1. The minimum atomic E-state index is -4.51. The second-order valence-electron chi connectivity index (χ2n) is 10.4. The monoisotopic (exact) mass is 531 g/mol. The van der Waals surface area contributed by atoms with Crippen LogP contribution in [0, 0.1) is 6.92 Å². The van der Waals surface area contributed by atoms with Gasteiger partial charge in [-0.05, 0) is 64.4 Å². The van der Waals surface area contributed by atoms with Crippen LogP contribution >= 0.6 is 0 Å². The number of ether oxygens (including phenoxy) is 1. The van der Waals surface area contributed by atoms with Crippen LogP contribution in [0.5, 0.6) is 0 Å². The molecule has 3 N–H and O–H groups in total. The van der Waals surface area contributed by atoms with Crippen LogP contribution in [0.2, 0.25) is 0 Å². The molecule has 4 rings (SSSR count). The fourth-order valence-corrected chi connectivity index (χ4v) is 4.26. The number of aryl methyl sites for hydroxylation is 1. The Kier molecular flexibility index (Phi) is 7.26. The first kappa shape index (κ1) is 27.2. The Hall–Kier alpha value is -3.83. The lowest BCUT2D eigenvalue weighted by molar-refractivity contribution is -0.137. The second kappa shape index (κ2) is 10.1. The molecule has 0 spiro atoms. The number of piperazine rings is 1. The number of nitrogen functional groups attached to an aromatic ring is 1. The Bertz CT molecular complexity index is 1330. The minimum Gasteiger partial charge on any atom is -0.444 e. The second-order valence-corrected chi connectivity index (χ2v) is 10.4. The van der Waals surface area contributed by atoms with Crippen LogP contribution in [-0.2, 0) is 10.9 Å². The molecular formula is C26H32F3N7O2. The number of nitrogens with two attached hydrogens (primary N) is 1. The van der Waals surface area contributed by atoms with Crippen LogP contribution in [0.25, 0.3) is 10.8 Å². The molecule has 9 nitrogen and oxygen atoms in total. The fourth-order valence-electron chi connectivity index (χ4n) is 4.26. The van der Waals surface area contributed by atoms with Crippen molar-refractivity contribution in [2.75, 3.05) is 42.1 Å². The molecule has 2 aromatic heterocycles. The molecule has 3 aromatic rings. The Morgan fingerprint density at radius 3 is 2.37 bits per heavy atom. The molecular weight excluding hydrogens is 499 g/mol. The van der Waals surface area contributed by atoms with E-state index in [1.165, 1.54) is 6.07 Å². The van der Waals surface area contributed by atoms with Gasteiger partial charge in [-0.1, -0.05) is 0 Å². The lowest BCUT2D eigenvalue weighted by Gasteiger charge is -2.36. The maximum Gasteiger partial charge on any atom is 0.416 e. The highest BCUT2D eigenvalue weighted by Crippen LogP contribution is 2.34. The van der Waals surface area contributed by atoms with Crippen molar-refractivity contribution in [3.63, 3.8) is 0 Å². The zero-order valence-electron chi connectivity index (χ0n) is 22.1. The summed E-state index contributed by atoms with van der Waals surface area (Å²) in [5.74, 6) is 1.12. The molecule has 38 heavy (non-hydrogen) atoms. The minimum absolute atomic E-state index is 0.0281. The van der Waals surface area contributed by atoms with Gasteiger partial charge in [0.2, 0.25) is 0 Å². The van der Waals surface area contributed by atoms with E-state index in [1.54, 1.807) is 18.0 Å². The number of carbonyl (C=O) groups excluding carboxylic acids is 1. The van der Waals surface area contributed by atoms with E-state index in [0.717, 1.165) is 22.9 Å². The van der Waals surface area contributed by atoms with Crippen molar-refractivity contribution in [3.05, 3.63) is 47.3 Å². The first-order valence-electron chi connectivity index (χ1n) is 12.3. The molecule has 1 amide bonds. The Labute approximate surface area is 219 Å². The molecule has 1 aromatic carbocycles. The van der Waals surface area contributed by atoms with Crippen molar-refractivity contribution in [2.24, 2.45) is 0 Å². The third-order valence-corrected chi connectivity index (χ3v) is 6.25. The lowest BCUT2D eigenvalue weighted by Crippen LogP contribution is -2.50. The maximum atomic E-state index is 13.3. The first-order chi connectivity index (χ1) is 17.7. The normalized spacial score (nSPS) is 15.5. The summed E-state index contributed by atoms with van der Waals surface area (Å²) >= 11 is 0. The highest BCUT2D eigenvalue weighted by molar-refractivity contribution is 5.94. The standard InChI is InChI=1S/C26H32F3N7O2/c1-15(17-10-18(26(27,28)29)12-19(30)11-17)32-23-20-13-22(31-14-21(20)16(2)33-34-23)35-6-8-36(9-7-35)24(37)38-25(3,4)5/h10-15H,6-9,30H2,1-5H3,(H,32,34)/t15-/m1/s1. The summed E-state index contributed by atoms with van der Waals surface area (Å²) in [5, 5.41) is 13.2. The molecule has 204 valence electrons. The smallest absolute Gasteiger partial charge is 0.416 e. The predicted octanol–water partition coefficient (Wildman–Crippen LogP) is 5.16. The van der Waals surface area contributed by atoms with E-state index < -0.39 is 23.4 Å². The third-order valence-electron chi connectivity index (χ3n) is 6.25. The van der Waals surface area contributed by atoms with Gasteiger partial charge in [-0.2, -0.15) is 18.3 Å². The largest absolute Gasteiger partial charge is 0.444 e. The van der Waals surface area contributed by atoms with E-state index in [2.05, 4.69) is 25.4 Å². The number of halogens is 3. The molecule has 1 aliphatic rings. The number of rotatable bonds is 4. The van der Waals surface area contributed by atoms with Crippen molar-refractivity contribution in [1.29, 1.82) is 0 Å². The van der Waals surface area contributed by atoms with Crippen molar-refractivity contribution < 1.29 is 22.7 Å². The summed E-state index contributed by atoms with van der Waals surface area (Å²) in [4.78, 5) is 20.8. The Balaban J connectivity index is 1.56. The molecule has 1 fully saturated rings. The van der Waals surface area contributed by atoms with Gasteiger partial charge < -0.3 is 25.6 Å². The topological polar surface area (TPSA) is 110 Å². The summed E-state index contributed by atoms with van der Waals surface area (Å²) in [6.45, 7) is 11.2. The van der Waals surface area contributed by atoms with Gasteiger partial charge in [-0.15, -0.1) is 5.10 Å². The van der Waals surface area contributed by atoms with Crippen molar-refractivity contribution in [1.82, 2.24) is 20.1 Å². The number of hydrogen-bond acceptors (Lipinski definition) is 8. The van der Waals surface area contributed by atoms with Gasteiger partial charge in [-0.3, -0.25) is 0 Å². The molecule has 12 heteroatoms. The van der Waals surface area contributed by atoms with E-state index in [1.807, 2.05) is 33.8 Å². The van der Waals surface area contributed by atoms with E-state index in [9.17, 15) is 18.0 Å². The highest BCUT2D eigenvalue weighted by Gasteiger charge is 2.31. The molecule has 1 atom stereocenters. The zero-order chi connectivity index (χ0) is 27.8. The van der Waals surface area contributed by atoms with Gasteiger partial charge in [0.15, 0.2) is 5.82 Å². The van der Waals surface area contributed by atoms with Crippen LogP contribution in [0.4, 0.5) is 35.3 Å². The number of carbonyl (C=O) groups is 1.